The van der Waals surface area contributed by atoms with E-state index in [0.717, 1.165) is 24.2 Å². The maximum absolute atomic E-state index is 11.9. The fraction of sp³-hybridized carbons (Fsp3) is 0.533. The zero-order valence-electron chi connectivity index (χ0n) is 10.7. The molecule has 1 saturated carbocycles. The minimum absolute atomic E-state index is 0.163. The van der Waals surface area contributed by atoms with Crippen LogP contribution in [-0.4, -0.2) is 18.5 Å². The molecule has 18 heavy (non-hydrogen) atoms. The molecule has 0 aromatic heterocycles. The molecule has 1 fully saturated rings. The van der Waals surface area contributed by atoms with Crippen molar-refractivity contribution in [1.82, 2.24) is 0 Å². The van der Waals surface area contributed by atoms with Crippen LogP contribution >= 0.6 is 0 Å². The molecule has 0 N–H and O–H groups in total. The highest BCUT2D eigenvalue weighted by molar-refractivity contribution is 6.00. The molecular formula is C15H18O3. The van der Waals surface area contributed by atoms with Gasteiger partial charge >= 0.3 is 0 Å². The predicted octanol–water partition coefficient (Wildman–Crippen LogP) is 3.28. The summed E-state index contributed by atoms with van der Waals surface area (Å²) in [4.78, 5) is 11.9. The first kappa shape index (κ1) is 11.6. The van der Waals surface area contributed by atoms with Crippen LogP contribution < -0.4 is 9.47 Å². The zero-order valence-corrected chi connectivity index (χ0v) is 10.7. The van der Waals surface area contributed by atoms with Crippen molar-refractivity contribution in [3.63, 3.8) is 0 Å². The van der Waals surface area contributed by atoms with Crippen molar-refractivity contribution in [2.24, 2.45) is 0 Å². The Kier molecular flexibility index (Phi) is 2.98. The first-order valence-corrected chi connectivity index (χ1v) is 6.71. The molecule has 1 aliphatic carbocycles. The van der Waals surface area contributed by atoms with Crippen molar-refractivity contribution in [2.75, 3.05) is 6.61 Å². The van der Waals surface area contributed by atoms with Crippen molar-refractivity contribution in [3.8, 4) is 11.5 Å². The average Bonchev–Trinajstić information content (AvgIpc) is 2.83. The summed E-state index contributed by atoms with van der Waals surface area (Å²) in [5, 5.41) is 0. The fourth-order valence-corrected chi connectivity index (χ4v) is 2.75. The standard InChI is InChI=1S/C15H18O3/c1-10-8-12-13(16)6-7-17-15(12)14(9-10)18-11-4-2-3-5-11/h8-9,11H,2-7H2,1H3. The zero-order chi connectivity index (χ0) is 12.5. The Labute approximate surface area is 107 Å². The molecule has 1 aromatic rings. The van der Waals surface area contributed by atoms with Crippen molar-refractivity contribution in [3.05, 3.63) is 23.3 Å². The highest BCUT2D eigenvalue weighted by Crippen LogP contribution is 2.38. The van der Waals surface area contributed by atoms with Crippen LogP contribution in [0.2, 0.25) is 0 Å². The van der Waals surface area contributed by atoms with Gasteiger partial charge in [-0.3, -0.25) is 4.79 Å². The minimum atomic E-state index is 0.163. The molecule has 0 spiro atoms. The smallest absolute Gasteiger partial charge is 0.171 e. The number of ketones is 1. The summed E-state index contributed by atoms with van der Waals surface area (Å²) in [6.07, 6.45) is 5.44. The van der Waals surface area contributed by atoms with E-state index in [9.17, 15) is 4.79 Å². The van der Waals surface area contributed by atoms with Gasteiger partial charge in [0.05, 0.1) is 18.3 Å². The molecular weight excluding hydrogens is 228 g/mol. The molecule has 96 valence electrons. The van der Waals surface area contributed by atoms with Gasteiger partial charge in [-0.05, 0) is 50.3 Å². The highest BCUT2D eigenvalue weighted by atomic mass is 16.5. The number of Topliss-reactive ketones (excluding diaryl/α,β-unsaturated/α-hetero) is 1. The van der Waals surface area contributed by atoms with Gasteiger partial charge in [-0.2, -0.15) is 0 Å². The second kappa shape index (κ2) is 4.63. The highest BCUT2D eigenvalue weighted by Gasteiger charge is 2.25. The van der Waals surface area contributed by atoms with Crippen LogP contribution in [0.15, 0.2) is 12.1 Å². The number of carbonyl (C=O) groups is 1. The number of aryl methyl sites for hydroxylation is 1. The van der Waals surface area contributed by atoms with Crippen molar-refractivity contribution in [2.45, 2.75) is 45.1 Å². The summed E-state index contributed by atoms with van der Waals surface area (Å²) < 4.78 is 11.7. The molecule has 0 atom stereocenters. The molecule has 1 aromatic carbocycles. The lowest BCUT2D eigenvalue weighted by atomic mass is 10.0. The molecule has 1 aliphatic heterocycles. The quantitative estimate of drug-likeness (QED) is 0.803. The summed E-state index contributed by atoms with van der Waals surface area (Å²) in [7, 11) is 0. The summed E-state index contributed by atoms with van der Waals surface area (Å²) in [5.74, 6) is 1.57. The van der Waals surface area contributed by atoms with E-state index >= 15 is 0 Å². The largest absolute Gasteiger partial charge is 0.488 e. The second-order valence-corrected chi connectivity index (χ2v) is 5.19. The molecule has 1 heterocycles. The first-order valence-electron chi connectivity index (χ1n) is 6.71. The lowest BCUT2D eigenvalue weighted by molar-refractivity contribution is 0.0925. The normalized spacial score (nSPS) is 19.5. The van der Waals surface area contributed by atoms with Crippen LogP contribution in [0.25, 0.3) is 0 Å². The molecule has 2 aliphatic rings. The third kappa shape index (κ3) is 2.09. The topological polar surface area (TPSA) is 35.5 Å². The summed E-state index contributed by atoms with van der Waals surface area (Å²) in [5.41, 5.74) is 1.75. The minimum Gasteiger partial charge on any atom is -0.488 e. The van der Waals surface area contributed by atoms with E-state index in [4.69, 9.17) is 9.47 Å². The molecule has 0 amide bonds. The monoisotopic (exact) mass is 246 g/mol. The predicted molar refractivity (Wildman–Crippen MR) is 68.5 cm³/mol. The second-order valence-electron chi connectivity index (χ2n) is 5.19. The van der Waals surface area contributed by atoms with E-state index in [1.807, 2.05) is 19.1 Å². The molecule has 0 radical (unpaired) electrons. The number of carbonyl (C=O) groups excluding carboxylic acids is 1. The van der Waals surface area contributed by atoms with Gasteiger partial charge in [-0.1, -0.05) is 0 Å². The SMILES string of the molecule is Cc1cc(OC2CCCC2)c2c(c1)C(=O)CCO2. The number of hydrogen-bond acceptors (Lipinski definition) is 3. The van der Waals surface area contributed by atoms with Crippen LogP contribution in [0.3, 0.4) is 0 Å². The molecule has 3 heteroatoms. The third-order valence-electron chi connectivity index (χ3n) is 3.67. The van der Waals surface area contributed by atoms with Gasteiger partial charge in [0.15, 0.2) is 17.3 Å². The van der Waals surface area contributed by atoms with Crippen LogP contribution in [0.4, 0.5) is 0 Å². The number of ether oxygens (including phenoxy) is 2. The Balaban J connectivity index is 1.94. The number of benzene rings is 1. The van der Waals surface area contributed by atoms with Gasteiger partial charge < -0.3 is 9.47 Å². The maximum Gasteiger partial charge on any atom is 0.171 e. The molecule has 0 unspecified atom stereocenters. The van der Waals surface area contributed by atoms with E-state index in [1.165, 1.54) is 12.8 Å². The Morgan fingerprint density at radius 2 is 2.06 bits per heavy atom. The lowest BCUT2D eigenvalue weighted by Gasteiger charge is -2.22. The van der Waals surface area contributed by atoms with Crippen molar-refractivity contribution < 1.29 is 14.3 Å². The Hall–Kier alpha value is -1.51. The van der Waals surface area contributed by atoms with Gasteiger partial charge in [0.1, 0.15) is 0 Å². The fourth-order valence-electron chi connectivity index (χ4n) is 2.75. The van der Waals surface area contributed by atoms with Crippen molar-refractivity contribution >= 4 is 5.78 Å². The summed E-state index contributed by atoms with van der Waals surface area (Å²) in [6.45, 7) is 2.46. The van der Waals surface area contributed by atoms with Gasteiger partial charge in [0.2, 0.25) is 0 Å². The third-order valence-corrected chi connectivity index (χ3v) is 3.67. The summed E-state index contributed by atoms with van der Waals surface area (Å²) >= 11 is 0. The lowest BCUT2D eigenvalue weighted by Crippen LogP contribution is -2.18. The number of hydrogen-bond donors (Lipinski definition) is 0. The molecule has 3 rings (SSSR count). The summed E-state index contributed by atoms with van der Waals surface area (Å²) in [6, 6.07) is 3.88. The van der Waals surface area contributed by atoms with Gasteiger partial charge in [0, 0.05) is 6.42 Å². The van der Waals surface area contributed by atoms with Crippen LogP contribution in [0, 0.1) is 6.92 Å². The van der Waals surface area contributed by atoms with E-state index in [1.54, 1.807) is 0 Å². The van der Waals surface area contributed by atoms with Crippen molar-refractivity contribution in [1.29, 1.82) is 0 Å². The maximum atomic E-state index is 11.9. The van der Waals surface area contributed by atoms with E-state index in [0.29, 0.717) is 24.3 Å². The Bertz CT molecular complexity index is 473. The van der Waals surface area contributed by atoms with Gasteiger partial charge in [-0.15, -0.1) is 0 Å². The Morgan fingerprint density at radius 1 is 1.28 bits per heavy atom. The van der Waals surface area contributed by atoms with E-state index in [2.05, 4.69) is 0 Å². The van der Waals surface area contributed by atoms with Crippen LogP contribution in [0.5, 0.6) is 11.5 Å². The van der Waals surface area contributed by atoms with Crippen LogP contribution in [0.1, 0.15) is 48.0 Å². The van der Waals surface area contributed by atoms with E-state index < -0.39 is 0 Å². The Morgan fingerprint density at radius 3 is 2.83 bits per heavy atom. The van der Waals surface area contributed by atoms with Gasteiger partial charge in [-0.25, -0.2) is 0 Å². The molecule has 0 bridgehead atoms. The molecule has 0 saturated heterocycles. The average molecular weight is 246 g/mol. The van der Waals surface area contributed by atoms with Crippen LogP contribution in [-0.2, 0) is 0 Å². The number of rotatable bonds is 2. The van der Waals surface area contributed by atoms with Gasteiger partial charge in [0.25, 0.3) is 0 Å². The first-order chi connectivity index (χ1) is 8.74. The van der Waals surface area contributed by atoms with E-state index in [-0.39, 0.29) is 11.9 Å². The molecule has 3 nitrogen and oxygen atoms in total. The number of fused-ring (bicyclic) bond motifs is 1.